The number of rotatable bonds is 8. The molecule has 2 N–H and O–H groups in total. The Morgan fingerprint density at radius 1 is 1.06 bits per heavy atom. The van der Waals surface area contributed by atoms with Gasteiger partial charge in [0.25, 0.3) is 11.8 Å². The highest BCUT2D eigenvalue weighted by Gasteiger charge is 2.31. The van der Waals surface area contributed by atoms with E-state index in [-0.39, 0.29) is 27.7 Å². The summed E-state index contributed by atoms with van der Waals surface area (Å²) in [4.78, 5) is 42.1. The average Bonchev–Trinajstić information content (AvgIpc) is 3.57. The van der Waals surface area contributed by atoms with Crippen LogP contribution >= 0.6 is 11.3 Å². The zero-order valence-corrected chi connectivity index (χ0v) is 20.1. The van der Waals surface area contributed by atoms with Crippen molar-refractivity contribution in [2.45, 2.75) is 25.7 Å². The van der Waals surface area contributed by atoms with E-state index in [0.29, 0.717) is 31.1 Å². The second-order valence-corrected chi connectivity index (χ2v) is 9.50. The molecule has 0 aliphatic carbocycles. The van der Waals surface area contributed by atoms with E-state index < -0.39 is 5.91 Å². The smallest absolute Gasteiger partial charge is 0.286 e. The van der Waals surface area contributed by atoms with Crippen molar-refractivity contribution in [3.63, 3.8) is 0 Å². The molecule has 0 spiro atoms. The van der Waals surface area contributed by atoms with E-state index in [1.807, 2.05) is 0 Å². The minimum Gasteiger partial charge on any atom is -0.497 e. The molecular weight excluding hydrogens is 456 g/mol. The molecule has 0 bridgehead atoms. The van der Waals surface area contributed by atoms with Crippen LogP contribution < -0.4 is 15.4 Å². The van der Waals surface area contributed by atoms with Gasteiger partial charge in [-0.05, 0) is 63.0 Å². The van der Waals surface area contributed by atoms with Crippen LogP contribution in [0.3, 0.4) is 0 Å². The molecule has 182 valence electrons. The molecule has 2 saturated heterocycles. The van der Waals surface area contributed by atoms with Crippen LogP contribution in [0.4, 0.5) is 5.69 Å². The molecule has 0 saturated carbocycles. The van der Waals surface area contributed by atoms with Crippen molar-refractivity contribution in [2.75, 3.05) is 51.7 Å². The monoisotopic (exact) mass is 486 g/mol. The first-order chi connectivity index (χ1) is 16.5. The highest BCUT2D eigenvalue weighted by molar-refractivity contribution is 7.15. The number of anilines is 1. The van der Waals surface area contributed by atoms with Crippen LogP contribution in [0.25, 0.3) is 0 Å². The van der Waals surface area contributed by atoms with Crippen molar-refractivity contribution in [2.24, 2.45) is 5.92 Å². The third-order valence-corrected chi connectivity index (χ3v) is 7.07. The number of hydrogen-bond acceptors (Lipinski definition) is 8. The number of nitrogens with one attached hydrogen (secondary N) is 2. The summed E-state index contributed by atoms with van der Waals surface area (Å²) < 4.78 is 5.11. The molecule has 10 nitrogen and oxygen atoms in total. The number of aromatic nitrogens is 2. The maximum atomic E-state index is 13.0. The molecule has 11 heteroatoms. The van der Waals surface area contributed by atoms with Gasteiger partial charge in [-0.1, -0.05) is 11.3 Å². The fourth-order valence-electron chi connectivity index (χ4n) is 4.26. The standard InChI is InChI=1S/C23H30N6O4S/c1-33-18-8-6-17(7-9-18)25-20(31)21-26-27-22(34-21)23(32)29-13-4-5-16(15-29)19(30)24-10-14-28-11-2-3-12-28/h6-9,16H,2-5,10-15H2,1H3,(H,24,30)(H,25,31)/t16-/m1/s1. The van der Waals surface area contributed by atoms with E-state index in [4.69, 9.17) is 4.74 Å². The Morgan fingerprint density at radius 3 is 2.53 bits per heavy atom. The number of ether oxygens (including phenoxy) is 1. The van der Waals surface area contributed by atoms with Gasteiger partial charge in [0, 0.05) is 31.9 Å². The highest BCUT2D eigenvalue weighted by Crippen LogP contribution is 2.21. The van der Waals surface area contributed by atoms with Gasteiger partial charge >= 0.3 is 0 Å². The lowest BCUT2D eigenvalue weighted by Crippen LogP contribution is -2.46. The van der Waals surface area contributed by atoms with Crippen molar-refractivity contribution in [1.82, 2.24) is 25.3 Å². The first kappa shape index (κ1) is 24.1. The van der Waals surface area contributed by atoms with Gasteiger partial charge in [-0.2, -0.15) is 0 Å². The van der Waals surface area contributed by atoms with Crippen molar-refractivity contribution in [3.8, 4) is 5.75 Å². The number of piperidine rings is 1. The van der Waals surface area contributed by atoms with Gasteiger partial charge in [-0.25, -0.2) is 0 Å². The largest absolute Gasteiger partial charge is 0.497 e. The van der Waals surface area contributed by atoms with E-state index in [2.05, 4.69) is 25.7 Å². The summed E-state index contributed by atoms with van der Waals surface area (Å²) in [7, 11) is 1.57. The lowest BCUT2D eigenvalue weighted by Gasteiger charge is -2.31. The molecule has 0 unspecified atom stereocenters. The summed E-state index contributed by atoms with van der Waals surface area (Å²) in [5, 5.41) is 13.8. The average molecular weight is 487 g/mol. The molecule has 2 aliphatic heterocycles. The maximum Gasteiger partial charge on any atom is 0.286 e. The SMILES string of the molecule is COc1ccc(NC(=O)c2nnc(C(=O)N3CCC[C@@H](C(=O)NCCN4CCCC4)C3)s2)cc1. The van der Waals surface area contributed by atoms with Crippen LogP contribution in [-0.4, -0.2) is 84.1 Å². The molecule has 3 amide bonds. The summed E-state index contributed by atoms with van der Waals surface area (Å²) in [6.45, 7) is 4.61. The van der Waals surface area contributed by atoms with Crippen molar-refractivity contribution < 1.29 is 19.1 Å². The first-order valence-electron chi connectivity index (χ1n) is 11.6. The topological polar surface area (TPSA) is 117 Å². The summed E-state index contributed by atoms with van der Waals surface area (Å²) in [6.07, 6.45) is 3.96. The minimum absolute atomic E-state index is 0.00600. The summed E-state index contributed by atoms with van der Waals surface area (Å²) in [6, 6.07) is 6.90. The minimum atomic E-state index is -0.435. The Balaban J connectivity index is 1.28. The Hall–Kier alpha value is -3.05. The Morgan fingerprint density at radius 2 is 1.79 bits per heavy atom. The molecule has 2 fully saturated rings. The van der Waals surface area contributed by atoms with E-state index in [0.717, 1.165) is 43.8 Å². The number of methoxy groups -OCH3 is 1. The predicted molar refractivity (Wildman–Crippen MR) is 128 cm³/mol. The van der Waals surface area contributed by atoms with Gasteiger partial charge in [0.05, 0.1) is 13.0 Å². The van der Waals surface area contributed by atoms with E-state index in [1.165, 1.54) is 12.8 Å². The van der Waals surface area contributed by atoms with Gasteiger partial charge in [0.2, 0.25) is 15.9 Å². The van der Waals surface area contributed by atoms with Crippen LogP contribution in [0, 0.1) is 5.92 Å². The molecule has 2 aliphatic rings. The molecule has 4 rings (SSSR count). The van der Waals surface area contributed by atoms with Gasteiger partial charge in [0.15, 0.2) is 0 Å². The first-order valence-corrected chi connectivity index (χ1v) is 12.4. The number of amides is 3. The van der Waals surface area contributed by atoms with Crippen LogP contribution in [-0.2, 0) is 4.79 Å². The third kappa shape index (κ3) is 6.09. The number of hydrogen-bond donors (Lipinski definition) is 2. The molecule has 1 aromatic carbocycles. The fraction of sp³-hybridized carbons (Fsp3) is 0.522. The fourth-order valence-corrected chi connectivity index (χ4v) is 4.97. The van der Waals surface area contributed by atoms with Crippen molar-refractivity contribution in [3.05, 3.63) is 34.3 Å². The number of carbonyl (C=O) groups excluding carboxylic acids is 3. The number of benzene rings is 1. The number of nitrogens with zero attached hydrogens (tertiary/aromatic N) is 4. The molecule has 1 atom stereocenters. The van der Waals surface area contributed by atoms with E-state index in [9.17, 15) is 14.4 Å². The van der Waals surface area contributed by atoms with Crippen molar-refractivity contribution >= 4 is 34.7 Å². The van der Waals surface area contributed by atoms with Gasteiger partial charge < -0.3 is 25.2 Å². The maximum absolute atomic E-state index is 13.0. The zero-order chi connectivity index (χ0) is 23.9. The highest BCUT2D eigenvalue weighted by atomic mass is 32.1. The number of likely N-dealkylation sites (tertiary alicyclic amines) is 2. The second kappa shape index (κ2) is 11.4. The summed E-state index contributed by atoms with van der Waals surface area (Å²) in [5.41, 5.74) is 0.587. The Kier molecular flexibility index (Phi) is 8.07. The third-order valence-electron chi connectivity index (χ3n) is 6.16. The van der Waals surface area contributed by atoms with Gasteiger partial charge in [-0.3, -0.25) is 14.4 Å². The van der Waals surface area contributed by atoms with Crippen LogP contribution in [0.15, 0.2) is 24.3 Å². The van der Waals surface area contributed by atoms with Crippen molar-refractivity contribution in [1.29, 1.82) is 0 Å². The summed E-state index contributed by atoms with van der Waals surface area (Å²) >= 11 is 0.951. The van der Waals surface area contributed by atoms with E-state index >= 15 is 0 Å². The van der Waals surface area contributed by atoms with Crippen LogP contribution in [0.1, 0.15) is 45.3 Å². The van der Waals surface area contributed by atoms with Gasteiger partial charge in [-0.15, -0.1) is 10.2 Å². The zero-order valence-electron chi connectivity index (χ0n) is 19.3. The van der Waals surface area contributed by atoms with E-state index in [1.54, 1.807) is 36.3 Å². The van der Waals surface area contributed by atoms with Crippen LogP contribution in [0.5, 0.6) is 5.75 Å². The molecule has 3 heterocycles. The second-order valence-electron chi connectivity index (χ2n) is 8.53. The van der Waals surface area contributed by atoms with Crippen LogP contribution in [0.2, 0.25) is 0 Å². The Labute approximate surface area is 202 Å². The lowest BCUT2D eigenvalue weighted by molar-refractivity contribution is -0.126. The summed E-state index contributed by atoms with van der Waals surface area (Å²) in [5.74, 6) is -0.288. The lowest BCUT2D eigenvalue weighted by atomic mass is 9.97. The Bertz CT molecular complexity index is 1010. The van der Waals surface area contributed by atoms with Gasteiger partial charge in [0.1, 0.15) is 5.75 Å². The molecule has 1 aromatic heterocycles. The number of carbonyl (C=O) groups is 3. The molecular formula is C23H30N6O4S. The molecule has 34 heavy (non-hydrogen) atoms. The molecule has 0 radical (unpaired) electrons. The molecule has 2 aromatic rings. The normalized spacial score (nSPS) is 18.5. The quantitative estimate of drug-likeness (QED) is 0.585. The predicted octanol–water partition coefficient (Wildman–Crippen LogP) is 1.86.